The number of nitrogens with zero attached hydrogens (tertiary/aromatic N) is 1. The zero-order chi connectivity index (χ0) is 10.1. The number of hydrogen-bond acceptors (Lipinski definition) is 4. The van der Waals surface area contributed by atoms with Gasteiger partial charge in [-0.25, -0.2) is 0 Å². The van der Waals surface area contributed by atoms with E-state index in [1.807, 2.05) is 11.8 Å². The Kier molecular flexibility index (Phi) is 7.93. The molecule has 0 fully saturated rings. The molecule has 0 heterocycles. The SMILES string of the molecule is COCCCSC(C)CC(N)=NO. The zero-order valence-electron chi connectivity index (χ0n) is 8.19. The van der Waals surface area contributed by atoms with Crippen LogP contribution in [0.3, 0.4) is 0 Å². The molecule has 0 aliphatic heterocycles. The molecular formula is C8H18N2O2S. The molecule has 5 heteroatoms. The average Bonchev–Trinajstić information content (AvgIpc) is 2.12. The summed E-state index contributed by atoms with van der Waals surface area (Å²) < 4.78 is 4.92. The van der Waals surface area contributed by atoms with Crippen molar-refractivity contribution in [3.05, 3.63) is 0 Å². The van der Waals surface area contributed by atoms with Crippen LogP contribution in [0.25, 0.3) is 0 Å². The van der Waals surface area contributed by atoms with Crippen molar-refractivity contribution in [3.63, 3.8) is 0 Å². The van der Waals surface area contributed by atoms with Gasteiger partial charge in [0, 0.05) is 25.4 Å². The summed E-state index contributed by atoms with van der Waals surface area (Å²) in [6.07, 6.45) is 1.68. The van der Waals surface area contributed by atoms with Gasteiger partial charge < -0.3 is 15.7 Å². The number of ether oxygens (including phenoxy) is 1. The summed E-state index contributed by atoms with van der Waals surface area (Å²) in [4.78, 5) is 0. The van der Waals surface area contributed by atoms with Crippen LogP contribution >= 0.6 is 11.8 Å². The number of thioether (sulfide) groups is 1. The fraction of sp³-hybridized carbons (Fsp3) is 0.875. The van der Waals surface area contributed by atoms with Gasteiger partial charge in [0.25, 0.3) is 0 Å². The van der Waals surface area contributed by atoms with Crippen LogP contribution in [0.1, 0.15) is 19.8 Å². The third-order valence-electron chi connectivity index (χ3n) is 1.52. The summed E-state index contributed by atoms with van der Waals surface area (Å²) in [5.74, 6) is 1.35. The third-order valence-corrected chi connectivity index (χ3v) is 2.78. The quantitative estimate of drug-likeness (QED) is 0.216. The first-order valence-electron chi connectivity index (χ1n) is 4.27. The average molecular weight is 206 g/mol. The van der Waals surface area contributed by atoms with E-state index in [-0.39, 0.29) is 0 Å². The van der Waals surface area contributed by atoms with Crippen molar-refractivity contribution in [1.82, 2.24) is 0 Å². The number of amidine groups is 1. The molecule has 4 nitrogen and oxygen atoms in total. The maximum atomic E-state index is 8.33. The number of nitrogens with two attached hydrogens (primary N) is 1. The predicted octanol–water partition coefficient (Wildman–Crippen LogP) is 1.28. The highest BCUT2D eigenvalue weighted by Gasteiger charge is 2.04. The Morgan fingerprint density at radius 1 is 1.69 bits per heavy atom. The molecule has 0 saturated carbocycles. The largest absolute Gasteiger partial charge is 0.409 e. The van der Waals surface area contributed by atoms with Crippen molar-refractivity contribution < 1.29 is 9.94 Å². The molecule has 0 aromatic heterocycles. The second-order valence-corrected chi connectivity index (χ2v) is 4.37. The molecule has 0 amide bonds. The highest BCUT2D eigenvalue weighted by Crippen LogP contribution is 2.14. The Bertz CT molecular complexity index is 153. The van der Waals surface area contributed by atoms with Crippen molar-refractivity contribution in [1.29, 1.82) is 0 Å². The minimum atomic E-state index is 0.298. The van der Waals surface area contributed by atoms with Gasteiger partial charge in [-0.3, -0.25) is 0 Å². The minimum absolute atomic E-state index is 0.298. The first-order chi connectivity index (χ1) is 6.20. The van der Waals surface area contributed by atoms with E-state index < -0.39 is 0 Å². The summed E-state index contributed by atoms with van der Waals surface area (Å²) in [6.45, 7) is 2.86. The minimum Gasteiger partial charge on any atom is -0.409 e. The summed E-state index contributed by atoms with van der Waals surface area (Å²) in [6, 6.07) is 0. The molecule has 0 aliphatic rings. The normalized spacial score (nSPS) is 14.5. The number of hydrogen-bond donors (Lipinski definition) is 2. The van der Waals surface area contributed by atoms with Gasteiger partial charge in [0.15, 0.2) is 0 Å². The molecular weight excluding hydrogens is 188 g/mol. The Morgan fingerprint density at radius 3 is 2.92 bits per heavy atom. The Balaban J connectivity index is 3.35. The zero-order valence-corrected chi connectivity index (χ0v) is 9.01. The van der Waals surface area contributed by atoms with E-state index >= 15 is 0 Å². The van der Waals surface area contributed by atoms with Gasteiger partial charge in [0.2, 0.25) is 0 Å². The summed E-state index contributed by atoms with van der Waals surface area (Å²) in [5, 5.41) is 11.7. The molecule has 1 unspecified atom stereocenters. The van der Waals surface area contributed by atoms with E-state index in [0.29, 0.717) is 17.5 Å². The molecule has 78 valence electrons. The van der Waals surface area contributed by atoms with Crippen LogP contribution in [-0.4, -0.2) is 35.8 Å². The molecule has 0 rings (SSSR count). The van der Waals surface area contributed by atoms with Gasteiger partial charge >= 0.3 is 0 Å². The first kappa shape index (κ1) is 12.6. The number of oxime groups is 1. The van der Waals surface area contributed by atoms with Gasteiger partial charge in [-0.15, -0.1) is 0 Å². The molecule has 0 radical (unpaired) electrons. The Labute approximate surface area is 83.5 Å². The lowest BCUT2D eigenvalue weighted by Gasteiger charge is -2.09. The fourth-order valence-electron chi connectivity index (χ4n) is 0.882. The van der Waals surface area contributed by atoms with E-state index in [1.165, 1.54) is 0 Å². The van der Waals surface area contributed by atoms with Crippen molar-refractivity contribution in [2.75, 3.05) is 19.5 Å². The summed E-state index contributed by atoms with van der Waals surface area (Å²) >= 11 is 1.81. The van der Waals surface area contributed by atoms with Crippen LogP contribution < -0.4 is 5.73 Å². The lowest BCUT2D eigenvalue weighted by molar-refractivity contribution is 0.200. The highest BCUT2D eigenvalue weighted by molar-refractivity contribution is 7.99. The van der Waals surface area contributed by atoms with Crippen molar-refractivity contribution in [2.24, 2.45) is 10.9 Å². The van der Waals surface area contributed by atoms with Crippen LogP contribution in [0.4, 0.5) is 0 Å². The summed E-state index contributed by atoms with van der Waals surface area (Å²) in [5.41, 5.74) is 5.37. The van der Waals surface area contributed by atoms with Crippen molar-refractivity contribution in [2.45, 2.75) is 25.0 Å². The second kappa shape index (κ2) is 8.19. The van der Waals surface area contributed by atoms with E-state index in [0.717, 1.165) is 18.8 Å². The molecule has 0 aliphatic carbocycles. The number of rotatable bonds is 7. The van der Waals surface area contributed by atoms with E-state index in [1.54, 1.807) is 7.11 Å². The molecule has 3 N–H and O–H groups in total. The van der Waals surface area contributed by atoms with Gasteiger partial charge in [0.1, 0.15) is 5.84 Å². The predicted molar refractivity (Wildman–Crippen MR) is 56.4 cm³/mol. The van der Waals surface area contributed by atoms with Crippen molar-refractivity contribution in [3.8, 4) is 0 Å². The molecule has 0 spiro atoms. The van der Waals surface area contributed by atoms with Crippen LogP contribution in [0.2, 0.25) is 0 Å². The fourth-order valence-corrected chi connectivity index (χ4v) is 1.86. The molecule has 0 aromatic carbocycles. The standard InChI is InChI=1S/C8H18N2O2S/c1-7(6-8(9)10-11)13-5-3-4-12-2/h7,11H,3-6H2,1-2H3,(H2,9,10). The van der Waals surface area contributed by atoms with Crippen LogP contribution in [0.15, 0.2) is 5.16 Å². The topological polar surface area (TPSA) is 67.8 Å². The Morgan fingerprint density at radius 2 is 2.38 bits per heavy atom. The van der Waals surface area contributed by atoms with Gasteiger partial charge in [0.05, 0.1) is 0 Å². The van der Waals surface area contributed by atoms with Gasteiger partial charge in [-0.1, -0.05) is 12.1 Å². The summed E-state index contributed by atoms with van der Waals surface area (Å²) in [7, 11) is 1.70. The lowest BCUT2D eigenvalue weighted by atomic mass is 10.3. The first-order valence-corrected chi connectivity index (χ1v) is 5.32. The third kappa shape index (κ3) is 7.93. The van der Waals surface area contributed by atoms with Gasteiger partial charge in [-0.2, -0.15) is 11.8 Å². The van der Waals surface area contributed by atoms with E-state index in [9.17, 15) is 0 Å². The molecule has 13 heavy (non-hydrogen) atoms. The molecule has 0 aromatic rings. The van der Waals surface area contributed by atoms with Crippen LogP contribution in [0, 0.1) is 0 Å². The maximum Gasteiger partial charge on any atom is 0.140 e. The monoisotopic (exact) mass is 206 g/mol. The highest BCUT2D eigenvalue weighted by atomic mass is 32.2. The second-order valence-electron chi connectivity index (χ2n) is 2.82. The smallest absolute Gasteiger partial charge is 0.140 e. The van der Waals surface area contributed by atoms with Crippen molar-refractivity contribution >= 4 is 17.6 Å². The van der Waals surface area contributed by atoms with E-state index in [4.69, 9.17) is 15.7 Å². The lowest BCUT2D eigenvalue weighted by Crippen LogP contribution is -2.16. The van der Waals surface area contributed by atoms with E-state index in [2.05, 4.69) is 12.1 Å². The molecule has 0 bridgehead atoms. The van der Waals surface area contributed by atoms with Crippen LogP contribution in [-0.2, 0) is 4.74 Å². The Hall–Kier alpha value is -0.420. The van der Waals surface area contributed by atoms with Crippen LogP contribution in [0.5, 0.6) is 0 Å². The maximum absolute atomic E-state index is 8.33. The molecule has 1 atom stereocenters. The number of methoxy groups -OCH3 is 1. The molecule has 0 saturated heterocycles. The van der Waals surface area contributed by atoms with Gasteiger partial charge in [-0.05, 0) is 12.2 Å².